The van der Waals surface area contributed by atoms with Crippen molar-refractivity contribution in [2.45, 2.75) is 52.7 Å². The Morgan fingerprint density at radius 2 is 1.58 bits per heavy atom. The van der Waals surface area contributed by atoms with E-state index < -0.39 is 0 Å². The Kier molecular flexibility index (Phi) is 5.95. The minimum absolute atomic E-state index is 0.00612. The van der Waals surface area contributed by atoms with Gasteiger partial charge in [-0.3, -0.25) is 4.90 Å². The lowest BCUT2D eigenvalue weighted by atomic mass is 9.96. The van der Waals surface area contributed by atoms with Crippen LogP contribution in [0.5, 0.6) is 0 Å². The molecule has 3 heteroatoms. The molecule has 0 bridgehead atoms. The van der Waals surface area contributed by atoms with Gasteiger partial charge in [-0.05, 0) is 44.4 Å². The summed E-state index contributed by atoms with van der Waals surface area (Å²) in [4.78, 5) is 2.41. The highest BCUT2D eigenvalue weighted by Gasteiger charge is 2.26. The van der Waals surface area contributed by atoms with E-state index >= 15 is 0 Å². The first-order valence-electron chi connectivity index (χ1n) is 7.09. The molecule has 0 radical (unpaired) electrons. The standard InChI is InChI=1S/C16H27FN2/c1-11(2)10-19(12(3)4)16(13(5)18)14-6-8-15(17)9-7-14/h6-9,11-13,16H,10,18H2,1-5H3. The van der Waals surface area contributed by atoms with E-state index in [0.29, 0.717) is 12.0 Å². The normalized spacial score (nSPS) is 15.3. The Balaban J connectivity index is 3.06. The molecule has 1 aromatic carbocycles. The third-order valence-electron chi connectivity index (χ3n) is 3.31. The molecule has 0 spiro atoms. The minimum Gasteiger partial charge on any atom is -0.326 e. The van der Waals surface area contributed by atoms with E-state index in [1.54, 1.807) is 0 Å². The van der Waals surface area contributed by atoms with Gasteiger partial charge >= 0.3 is 0 Å². The van der Waals surface area contributed by atoms with Gasteiger partial charge in [-0.2, -0.15) is 0 Å². The maximum Gasteiger partial charge on any atom is 0.123 e. The van der Waals surface area contributed by atoms with Gasteiger partial charge in [0.2, 0.25) is 0 Å². The van der Waals surface area contributed by atoms with E-state index in [-0.39, 0.29) is 17.9 Å². The van der Waals surface area contributed by atoms with Crippen LogP contribution in [0.2, 0.25) is 0 Å². The molecule has 108 valence electrons. The molecule has 0 amide bonds. The van der Waals surface area contributed by atoms with Crippen LogP contribution in [0.3, 0.4) is 0 Å². The van der Waals surface area contributed by atoms with E-state index in [0.717, 1.165) is 12.1 Å². The van der Waals surface area contributed by atoms with Crippen molar-refractivity contribution in [3.63, 3.8) is 0 Å². The third-order valence-corrected chi connectivity index (χ3v) is 3.31. The van der Waals surface area contributed by atoms with E-state index in [1.807, 2.05) is 19.1 Å². The first kappa shape index (κ1) is 16.1. The van der Waals surface area contributed by atoms with Crippen molar-refractivity contribution >= 4 is 0 Å². The molecule has 2 N–H and O–H groups in total. The number of hydrogen-bond donors (Lipinski definition) is 1. The largest absolute Gasteiger partial charge is 0.326 e. The average Bonchev–Trinajstić information content (AvgIpc) is 2.29. The second-order valence-corrected chi connectivity index (χ2v) is 6.04. The molecular formula is C16H27FN2. The fourth-order valence-corrected chi connectivity index (χ4v) is 2.52. The molecule has 2 unspecified atom stereocenters. The second kappa shape index (κ2) is 7.01. The van der Waals surface area contributed by atoms with Gasteiger partial charge in [-0.25, -0.2) is 4.39 Å². The number of rotatable bonds is 6. The SMILES string of the molecule is CC(C)CN(C(C)C)C(c1ccc(F)cc1)C(C)N. The van der Waals surface area contributed by atoms with Crippen LogP contribution in [0, 0.1) is 11.7 Å². The molecule has 0 aromatic heterocycles. The summed E-state index contributed by atoms with van der Waals surface area (Å²) in [6.45, 7) is 11.8. The molecule has 0 saturated carbocycles. The molecule has 0 aliphatic rings. The Labute approximate surface area is 116 Å². The van der Waals surface area contributed by atoms with Crippen LogP contribution in [0.25, 0.3) is 0 Å². The third kappa shape index (κ3) is 4.59. The van der Waals surface area contributed by atoms with Crippen molar-refractivity contribution in [1.29, 1.82) is 0 Å². The number of benzene rings is 1. The molecule has 0 saturated heterocycles. The number of hydrogen-bond acceptors (Lipinski definition) is 2. The molecule has 0 aliphatic carbocycles. The van der Waals surface area contributed by atoms with Crippen LogP contribution in [-0.2, 0) is 0 Å². The van der Waals surface area contributed by atoms with Crippen LogP contribution in [0.1, 0.15) is 46.2 Å². The Morgan fingerprint density at radius 3 is 1.95 bits per heavy atom. The average molecular weight is 266 g/mol. The van der Waals surface area contributed by atoms with Gasteiger partial charge in [0.05, 0.1) is 0 Å². The molecule has 0 heterocycles. The molecule has 0 fully saturated rings. The zero-order chi connectivity index (χ0) is 14.6. The van der Waals surface area contributed by atoms with Crippen LogP contribution >= 0.6 is 0 Å². The van der Waals surface area contributed by atoms with E-state index in [4.69, 9.17) is 5.73 Å². The molecular weight excluding hydrogens is 239 g/mol. The van der Waals surface area contributed by atoms with Crippen molar-refractivity contribution in [2.75, 3.05) is 6.54 Å². The topological polar surface area (TPSA) is 29.3 Å². The van der Waals surface area contributed by atoms with Gasteiger partial charge in [0.25, 0.3) is 0 Å². The van der Waals surface area contributed by atoms with Gasteiger partial charge in [-0.1, -0.05) is 26.0 Å². The first-order chi connectivity index (χ1) is 8.82. The van der Waals surface area contributed by atoms with Gasteiger partial charge in [0.1, 0.15) is 5.82 Å². The molecule has 0 aliphatic heterocycles. The summed E-state index contributed by atoms with van der Waals surface area (Å²) in [5.74, 6) is 0.372. The highest BCUT2D eigenvalue weighted by molar-refractivity contribution is 5.21. The fraction of sp³-hybridized carbons (Fsp3) is 0.625. The minimum atomic E-state index is -0.202. The van der Waals surface area contributed by atoms with E-state index in [1.165, 1.54) is 12.1 Å². The molecule has 19 heavy (non-hydrogen) atoms. The zero-order valence-corrected chi connectivity index (χ0v) is 12.7. The van der Waals surface area contributed by atoms with Crippen LogP contribution in [0.4, 0.5) is 4.39 Å². The van der Waals surface area contributed by atoms with Crippen LogP contribution < -0.4 is 5.73 Å². The molecule has 2 nitrogen and oxygen atoms in total. The summed E-state index contributed by atoms with van der Waals surface area (Å²) in [7, 11) is 0. The molecule has 1 aromatic rings. The Bertz CT molecular complexity index is 371. The molecule has 2 atom stereocenters. The quantitative estimate of drug-likeness (QED) is 0.852. The predicted molar refractivity (Wildman–Crippen MR) is 79.5 cm³/mol. The lowest BCUT2D eigenvalue weighted by Gasteiger charge is -2.38. The summed E-state index contributed by atoms with van der Waals surface area (Å²) in [6.07, 6.45) is 0. The van der Waals surface area contributed by atoms with Gasteiger partial charge < -0.3 is 5.73 Å². The second-order valence-electron chi connectivity index (χ2n) is 6.04. The number of nitrogens with zero attached hydrogens (tertiary/aromatic N) is 1. The van der Waals surface area contributed by atoms with E-state index in [9.17, 15) is 4.39 Å². The molecule has 1 rings (SSSR count). The smallest absolute Gasteiger partial charge is 0.123 e. The van der Waals surface area contributed by atoms with Crippen molar-refractivity contribution in [3.8, 4) is 0 Å². The number of halogens is 1. The summed E-state index contributed by atoms with van der Waals surface area (Å²) >= 11 is 0. The first-order valence-corrected chi connectivity index (χ1v) is 7.09. The Hall–Kier alpha value is -0.930. The summed E-state index contributed by atoms with van der Waals surface area (Å²) in [5.41, 5.74) is 7.27. The monoisotopic (exact) mass is 266 g/mol. The fourth-order valence-electron chi connectivity index (χ4n) is 2.52. The van der Waals surface area contributed by atoms with Gasteiger partial charge in [0.15, 0.2) is 0 Å². The summed E-state index contributed by atoms with van der Waals surface area (Å²) in [6, 6.07) is 7.26. The maximum atomic E-state index is 13.1. The van der Waals surface area contributed by atoms with Gasteiger partial charge in [0, 0.05) is 24.7 Å². The lowest BCUT2D eigenvalue weighted by molar-refractivity contribution is 0.119. The summed E-state index contributed by atoms with van der Waals surface area (Å²) in [5, 5.41) is 0. The summed E-state index contributed by atoms with van der Waals surface area (Å²) < 4.78 is 13.1. The maximum absolute atomic E-state index is 13.1. The van der Waals surface area contributed by atoms with Crippen molar-refractivity contribution in [2.24, 2.45) is 11.7 Å². The van der Waals surface area contributed by atoms with E-state index in [2.05, 4.69) is 32.6 Å². The van der Waals surface area contributed by atoms with Crippen LogP contribution in [-0.4, -0.2) is 23.5 Å². The number of nitrogens with two attached hydrogens (primary N) is 1. The zero-order valence-electron chi connectivity index (χ0n) is 12.7. The van der Waals surface area contributed by atoms with Crippen molar-refractivity contribution < 1.29 is 4.39 Å². The van der Waals surface area contributed by atoms with Crippen LogP contribution in [0.15, 0.2) is 24.3 Å². The van der Waals surface area contributed by atoms with Crippen molar-refractivity contribution in [1.82, 2.24) is 4.90 Å². The van der Waals surface area contributed by atoms with Gasteiger partial charge in [-0.15, -0.1) is 0 Å². The highest BCUT2D eigenvalue weighted by Crippen LogP contribution is 2.26. The van der Waals surface area contributed by atoms with Crippen molar-refractivity contribution in [3.05, 3.63) is 35.6 Å². The lowest BCUT2D eigenvalue weighted by Crippen LogP contribution is -2.44. The predicted octanol–water partition coefficient (Wildman–Crippen LogP) is 3.58. The Morgan fingerprint density at radius 1 is 1.05 bits per heavy atom. The highest BCUT2D eigenvalue weighted by atomic mass is 19.1.